The van der Waals surface area contributed by atoms with Crippen molar-refractivity contribution in [2.24, 2.45) is 11.1 Å². The van der Waals surface area contributed by atoms with E-state index >= 15 is 0 Å². The molecule has 0 aliphatic carbocycles. The molecule has 1 heterocycles. The lowest BCUT2D eigenvalue weighted by atomic mass is 9.78. The number of rotatable bonds is 10. The molecule has 3 rings (SSSR count). The molecule has 214 valence electrons. The average Bonchev–Trinajstić information content (AvgIpc) is 3.34. The molecule has 8 nitrogen and oxygen atoms in total. The number of anilines is 1. The van der Waals surface area contributed by atoms with E-state index in [0.29, 0.717) is 13.1 Å². The van der Waals surface area contributed by atoms with Gasteiger partial charge in [0.1, 0.15) is 12.2 Å². The molecule has 2 aromatic carbocycles. The van der Waals surface area contributed by atoms with E-state index in [1.54, 1.807) is 0 Å². The van der Waals surface area contributed by atoms with Crippen molar-refractivity contribution < 1.29 is 19.1 Å². The normalized spacial score (nSPS) is 17.4. The van der Waals surface area contributed by atoms with E-state index in [-0.39, 0.29) is 36.5 Å². The molecule has 39 heavy (non-hydrogen) atoms. The van der Waals surface area contributed by atoms with Crippen molar-refractivity contribution >= 4 is 17.7 Å². The first-order valence-electron chi connectivity index (χ1n) is 13.8. The van der Waals surface area contributed by atoms with Gasteiger partial charge in [0.2, 0.25) is 0 Å². The minimum atomic E-state index is -0.953. The summed E-state index contributed by atoms with van der Waals surface area (Å²) in [5.41, 5.74) is 7.88. The van der Waals surface area contributed by atoms with Gasteiger partial charge in [-0.2, -0.15) is 0 Å². The van der Waals surface area contributed by atoms with Crippen LogP contribution in [0.25, 0.3) is 0 Å². The molecule has 1 amide bonds. The number of hydrogen-bond donors (Lipinski definition) is 3. The number of carbonyl (C=O) groups is 2. The SMILES string of the molecule is CC(C)(C)OC(=O)N1CCCC1CNc1ccc(CN[C@@](N)(CC(=O)OCc2ccccc2)C(C)(C)C)cc1. The molecular weight excluding hydrogens is 492 g/mol. The number of benzene rings is 2. The molecule has 0 bridgehead atoms. The van der Waals surface area contributed by atoms with Crippen LogP contribution < -0.4 is 16.4 Å². The van der Waals surface area contributed by atoms with Crippen LogP contribution in [0.1, 0.15) is 71.9 Å². The molecule has 2 atom stereocenters. The molecule has 1 aliphatic heterocycles. The van der Waals surface area contributed by atoms with Gasteiger partial charge in [0.25, 0.3) is 0 Å². The lowest BCUT2D eigenvalue weighted by molar-refractivity contribution is -0.148. The van der Waals surface area contributed by atoms with Crippen LogP contribution in [-0.4, -0.2) is 47.4 Å². The summed E-state index contributed by atoms with van der Waals surface area (Å²) in [5.74, 6) is -0.337. The molecule has 2 aromatic rings. The summed E-state index contributed by atoms with van der Waals surface area (Å²) in [4.78, 5) is 27.0. The number of ether oxygens (including phenoxy) is 2. The van der Waals surface area contributed by atoms with E-state index in [9.17, 15) is 9.59 Å². The second-order valence-corrected chi connectivity index (χ2v) is 12.4. The van der Waals surface area contributed by atoms with E-state index in [0.717, 1.165) is 36.2 Å². The van der Waals surface area contributed by atoms with Crippen LogP contribution in [0.3, 0.4) is 0 Å². The maximum atomic E-state index is 12.7. The number of esters is 1. The molecule has 1 fully saturated rings. The Morgan fingerprint density at radius 2 is 1.64 bits per heavy atom. The standard InChI is InChI=1S/C31H46N4O4/c1-29(2,3)31(32,19-27(36)38-22-24-11-8-7-9-12-24)34-20-23-14-16-25(17-15-23)33-21-26-13-10-18-35(26)28(37)39-30(4,5)6/h7-9,11-12,14-17,26,33-34H,10,13,18-22,32H2,1-6H3/t26?,31-/m0/s1. The van der Waals surface area contributed by atoms with Gasteiger partial charge >= 0.3 is 12.1 Å². The maximum Gasteiger partial charge on any atom is 0.410 e. The quantitative estimate of drug-likeness (QED) is 0.274. The molecule has 1 unspecified atom stereocenters. The first-order valence-corrected chi connectivity index (χ1v) is 13.8. The van der Waals surface area contributed by atoms with E-state index in [4.69, 9.17) is 15.2 Å². The molecule has 0 radical (unpaired) electrons. The largest absolute Gasteiger partial charge is 0.461 e. The van der Waals surface area contributed by atoms with Crippen LogP contribution in [0.15, 0.2) is 54.6 Å². The van der Waals surface area contributed by atoms with Gasteiger partial charge in [-0.1, -0.05) is 63.2 Å². The third-order valence-electron chi connectivity index (χ3n) is 7.11. The van der Waals surface area contributed by atoms with Crippen molar-refractivity contribution in [1.82, 2.24) is 10.2 Å². The van der Waals surface area contributed by atoms with E-state index in [1.807, 2.05) is 101 Å². The Morgan fingerprint density at radius 1 is 0.974 bits per heavy atom. The van der Waals surface area contributed by atoms with Crippen LogP contribution in [0.2, 0.25) is 0 Å². The zero-order valence-electron chi connectivity index (χ0n) is 24.4. The van der Waals surface area contributed by atoms with Crippen LogP contribution in [0.4, 0.5) is 10.5 Å². The van der Waals surface area contributed by atoms with Crippen molar-refractivity contribution in [1.29, 1.82) is 0 Å². The first-order chi connectivity index (χ1) is 18.3. The molecule has 8 heteroatoms. The lowest BCUT2D eigenvalue weighted by Crippen LogP contribution is -2.63. The zero-order valence-corrected chi connectivity index (χ0v) is 24.4. The van der Waals surface area contributed by atoms with E-state index in [2.05, 4.69) is 10.6 Å². The highest BCUT2D eigenvalue weighted by Crippen LogP contribution is 2.30. The Hall–Kier alpha value is -3.10. The fraction of sp³-hybridized carbons (Fsp3) is 0.548. The predicted molar refractivity (Wildman–Crippen MR) is 155 cm³/mol. The monoisotopic (exact) mass is 538 g/mol. The van der Waals surface area contributed by atoms with Crippen molar-refractivity contribution in [2.45, 2.75) is 91.3 Å². The van der Waals surface area contributed by atoms with Crippen molar-refractivity contribution in [3.05, 3.63) is 65.7 Å². The van der Waals surface area contributed by atoms with Gasteiger partial charge in [0.15, 0.2) is 0 Å². The molecule has 1 aliphatic rings. The number of nitrogens with one attached hydrogen (secondary N) is 2. The Morgan fingerprint density at radius 3 is 2.26 bits per heavy atom. The second kappa shape index (κ2) is 12.8. The van der Waals surface area contributed by atoms with Crippen LogP contribution in [0, 0.1) is 5.41 Å². The van der Waals surface area contributed by atoms with Crippen molar-refractivity contribution in [2.75, 3.05) is 18.4 Å². The molecule has 0 saturated carbocycles. The first kappa shape index (κ1) is 30.4. The smallest absolute Gasteiger partial charge is 0.410 e. The summed E-state index contributed by atoms with van der Waals surface area (Å²) in [7, 11) is 0. The summed E-state index contributed by atoms with van der Waals surface area (Å²) >= 11 is 0. The second-order valence-electron chi connectivity index (χ2n) is 12.4. The van der Waals surface area contributed by atoms with Gasteiger partial charge in [-0.25, -0.2) is 4.79 Å². The highest BCUT2D eigenvalue weighted by atomic mass is 16.6. The van der Waals surface area contributed by atoms with E-state index in [1.165, 1.54) is 0 Å². The minimum absolute atomic E-state index is 0.0541. The average molecular weight is 539 g/mol. The highest BCUT2D eigenvalue weighted by Gasteiger charge is 2.40. The molecule has 1 saturated heterocycles. The molecule has 0 spiro atoms. The summed E-state index contributed by atoms with van der Waals surface area (Å²) in [6.07, 6.45) is 1.73. The number of amides is 1. The summed E-state index contributed by atoms with van der Waals surface area (Å²) < 4.78 is 11.1. The number of likely N-dealkylation sites (tertiary alicyclic amines) is 1. The minimum Gasteiger partial charge on any atom is -0.461 e. The predicted octanol–water partition coefficient (Wildman–Crippen LogP) is 5.42. The summed E-state index contributed by atoms with van der Waals surface area (Å²) in [6, 6.07) is 17.8. The van der Waals surface area contributed by atoms with Crippen LogP contribution in [0.5, 0.6) is 0 Å². The molecule has 0 aromatic heterocycles. The van der Waals surface area contributed by atoms with Crippen LogP contribution >= 0.6 is 0 Å². The molecular formula is C31H46N4O4. The van der Waals surface area contributed by atoms with Crippen LogP contribution in [-0.2, 0) is 27.4 Å². The topological polar surface area (TPSA) is 106 Å². The fourth-order valence-electron chi connectivity index (χ4n) is 4.45. The van der Waals surface area contributed by atoms with Gasteiger partial charge in [0.05, 0.1) is 18.1 Å². The Bertz CT molecular complexity index is 1080. The van der Waals surface area contributed by atoms with Gasteiger partial charge in [-0.3, -0.25) is 10.1 Å². The van der Waals surface area contributed by atoms with Gasteiger partial charge in [-0.15, -0.1) is 0 Å². The number of hydrogen-bond acceptors (Lipinski definition) is 7. The third-order valence-corrected chi connectivity index (χ3v) is 7.11. The number of nitrogens with zero attached hydrogens (tertiary/aromatic N) is 1. The lowest BCUT2D eigenvalue weighted by Gasteiger charge is -2.42. The number of carbonyl (C=O) groups excluding carboxylic acids is 2. The summed E-state index contributed by atoms with van der Waals surface area (Å²) in [5, 5.41) is 6.87. The Kier molecular flexibility index (Phi) is 10.0. The number of nitrogens with two attached hydrogens (primary N) is 1. The van der Waals surface area contributed by atoms with Gasteiger partial charge in [-0.05, 0) is 62.3 Å². The Labute approximate surface area is 233 Å². The third kappa shape index (κ3) is 9.25. The molecule has 4 N–H and O–H groups in total. The van der Waals surface area contributed by atoms with Gasteiger partial charge in [0, 0.05) is 25.3 Å². The van der Waals surface area contributed by atoms with Crippen molar-refractivity contribution in [3.8, 4) is 0 Å². The highest BCUT2D eigenvalue weighted by molar-refractivity contribution is 5.71. The zero-order chi connectivity index (χ0) is 28.7. The fourth-order valence-corrected chi connectivity index (χ4v) is 4.45. The van der Waals surface area contributed by atoms with Gasteiger partial charge < -0.3 is 25.4 Å². The summed E-state index contributed by atoms with van der Waals surface area (Å²) in [6.45, 7) is 13.8. The maximum absolute atomic E-state index is 12.7. The van der Waals surface area contributed by atoms with Crippen molar-refractivity contribution in [3.63, 3.8) is 0 Å². The Balaban J connectivity index is 1.51. The van der Waals surface area contributed by atoms with E-state index < -0.39 is 11.3 Å².